The maximum atomic E-state index is 13.9. The average molecular weight is 834 g/mol. The molecule has 2 aliphatic carbocycles. The Kier molecular flexibility index (Phi) is 14.3. The van der Waals surface area contributed by atoms with Crippen molar-refractivity contribution in [1.82, 2.24) is 0 Å². The van der Waals surface area contributed by atoms with E-state index in [1.807, 2.05) is 126 Å². The Balaban J connectivity index is 2.07. The smallest absolute Gasteiger partial charge is 0.186 e. The highest BCUT2D eigenvalue weighted by Gasteiger charge is 2.36. The van der Waals surface area contributed by atoms with Crippen LogP contribution in [0, 0.1) is 21.7 Å². The first-order chi connectivity index (χ1) is 26.8. The Hall–Kier alpha value is -4.74. The number of hydrogen-bond acceptors (Lipinski definition) is 7. The van der Waals surface area contributed by atoms with Crippen molar-refractivity contribution in [3.63, 3.8) is 0 Å². The topological polar surface area (TPSA) is 83.6 Å². The molecule has 0 saturated carbocycles. The number of thiophene rings is 1. The molecule has 0 fully saturated rings. The number of allylic oxidation sites excluding steroid dienone is 13. The summed E-state index contributed by atoms with van der Waals surface area (Å²) in [7, 11) is 0. The van der Waals surface area contributed by atoms with Crippen molar-refractivity contribution in [2.75, 3.05) is 0 Å². The van der Waals surface area contributed by atoms with Crippen LogP contribution in [0.3, 0.4) is 0 Å². The molecule has 58 heavy (non-hydrogen) atoms. The van der Waals surface area contributed by atoms with Crippen LogP contribution in [-0.2, 0) is 9.59 Å². The molecule has 4 rings (SSSR count). The van der Waals surface area contributed by atoms with Gasteiger partial charge in [-0.15, -0.1) is 27.3 Å². The van der Waals surface area contributed by atoms with Gasteiger partial charge in [0.1, 0.15) is 11.4 Å². The van der Waals surface area contributed by atoms with Gasteiger partial charge in [0.05, 0.1) is 26.2 Å². The Morgan fingerprint density at radius 2 is 1.16 bits per heavy atom. The largest absolute Gasteiger partial charge is 0.289 e. The van der Waals surface area contributed by atoms with E-state index in [2.05, 4.69) is 33.4 Å². The van der Waals surface area contributed by atoms with Crippen LogP contribution in [-0.4, -0.2) is 11.6 Å². The predicted octanol–water partition coefficient (Wildman–Crippen LogP) is 15.6. The molecule has 0 amide bonds. The van der Waals surface area contributed by atoms with Gasteiger partial charge < -0.3 is 0 Å². The molecule has 0 unspecified atom stereocenters. The van der Waals surface area contributed by atoms with Crippen LogP contribution in [0.5, 0.6) is 0 Å². The van der Waals surface area contributed by atoms with E-state index in [-0.39, 0.29) is 11.6 Å². The second kappa shape index (κ2) is 18.0. The quantitative estimate of drug-likeness (QED) is 0.151. The third-order valence-corrected chi connectivity index (χ3v) is 10.7. The lowest BCUT2D eigenvalue weighted by atomic mass is 9.71. The van der Waals surface area contributed by atoms with E-state index >= 15 is 0 Å². The molecule has 0 aliphatic heterocycles. The fourth-order valence-electron chi connectivity index (χ4n) is 5.93. The minimum Gasteiger partial charge on any atom is -0.289 e. The van der Waals surface area contributed by atoms with Gasteiger partial charge in [0.2, 0.25) is 0 Å². The first kappa shape index (κ1) is 46.0. The van der Waals surface area contributed by atoms with Gasteiger partial charge in [-0.1, -0.05) is 119 Å². The maximum Gasteiger partial charge on any atom is 0.186 e. The Morgan fingerprint density at radius 3 is 1.64 bits per heavy atom. The van der Waals surface area contributed by atoms with E-state index in [1.165, 1.54) is 11.3 Å². The van der Waals surface area contributed by atoms with Crippen molar-refractivity contribution in [2.45, 2.75) is 90.0 Å². The molecule has 0 radical (unpaired) electrons. The highest BCUT2D eigenvalue weighted by Crippen LogP contribution is 2.43. The van der Waals surface area contributed by atoms with Crippen LogP contribution in [0.25, 0.3) is 11.4 Å². The maximum absolute atomic E-state index is 13.9. The van der Waals surface area contributed by atoms with Gasteiger partial charge in [-0.2, -0.15) is 10.2 Å². The van der Waals surface area contributed by atoms with Gasteiger partial charge >= 0.3 is 0 Å². The predicted molar refractivity (Wildman–Crippen MR) is 244 cm³/mol. The number of rotatable bonds is 8. The molecule has 0 N–H and O–H groups in total. The lowest BCUT2D eigenvalue weighted by molar-refractivity contribution is -0.114. The summed E-state index contributed by atoms with van der Waals surface area (Å²) < 4.78 is 0. The van der Waals surface area contributed by atoms with Crippen LogP contribution >= 0.6 is 34.5 Å². The van der Waals surface area contributed by atoms with Crippen molar-refractivity contribution >= 4 is 63.2 Å². The van der Waals surface area contributed by atoms with Gasteiger partial charge in [-0.05, 0) is 108 Å². The van der Waals surface area contributed by atoms with Crippen molar-refractivity contribution in [3.05, 3.63) is 156 Å². The summed E-state index contributed by atoms with van der Waals surface area (Å²) in [6, 6.07) is 11.0. The van der Waals surface area contributed by atoms with Crippen molar-refractivity contribution in [3.8, 4) is 0 Å². The van der Waals surface area contributed by atoms with Crippen LogP contribution < -0.4 is 0 Å². The molecule has 9 heteroatoms. The monoisotopic (exact) mass is 832 g/mol. The molecular formula is C49H54Cl2N4O2S. The normalized spacial score (nSPS) is 15.6. The number of ketones is 2. The first-order valence-corrected chi connectivity index (χ1v) is 20.7. The minimum absolute atomic E-state index is 0.0231. The van der Waals surface area contributed by atoms with E-state index < -0.39 is 21.7 Å². The van der Waals surface area contributed by atoms with Crippen LogP contribution in [0.2, 0.25) is 5.02 Å². The second-order valence-corrected chi connectivity index (χ2v) is 20.2. The number of carbonyl (C=O) groups excluding carboxylic acids is 2. The van der Waals surface area contributed by atoms with Gasteiger partial charge in [0.15, 0.2) is 11.6 Å². The van der Waals surface area contributed by atoms with Crippen molar-refractivity contribution in [1.29, 1.82) is 0 Å². The number of carbonyl (C=O) groups is 2. The molecule has 6 nitrogen and oxygen atoms in total. The summed E-state index contributed by atoms with van der Waals surface area (Å²) >= 11 is 13.9. The van der Waals surface area contributed by atoms with Crippen LogP contribution in [0.15, 0.2) is 162 Å². The fraction of sp³-hybridized carbons (Fsp3) is 0.347. The number of azo groups is 2. The number of benzene rings is 1. The Bertz CT molecular complexity index is 2330. The first-order valence-electron chi connectivity index (χ1n) is 19.2. The minimum atomic E-state index is -0.432. The molecule has 0 atom stereocenters. The summed E-state index contributed by atoms with van der Waals surface area (Å²) in [4.78, 5) is 29.2. The summed E-state index contributed by atoms with van der Waals surface area (Å²) in [6.07, 6.45) is 12.7. The Labute approximate surface area is 359 Å². The molecule has 2 aromatic rings. The van der Waals surface area contributed by atoms with E-state index in [9.17, 15) is 9.59 Å². The van der Waals surface area contributed by atoms with E-state index in [0.717, 1.165) is 15.3 Å². The standard InChI is InChI=1S/C49H54Cl2N4O2S/c1-15-16-33(50)18-17-30(2)52-54-40(27-31-25-36(46(3,4)5)44(56)37(26-31)47(6,7)8)41-23-24-42(58-41)43(55-53-35-21-19-34(51)20-22-35)32-28-38(48(9,10)11)45(57)39(29-32)49(12,13)14/h15,17-26,28-29H,2H2,1,3-14H3/b18-17-,54-52?,55-53?. The summed E-state index contributed by atoms with van der Waals surface area (Å²) in [5.41, 5.74) is 10.9. The summed E-state index contributed by atoms with van der Waals surface area (Å²) in [5, 5.41) is 19.6. The number of Topliss-reactive ketones (excluding diaryl/α,β-unsaturated/α-hetero) is 2. The third-order valence-electron chi connectivity index (χ3n) is 9.09. The van der Waals surface area contributed by atoms with Gasteiger partial charge in [0.25, 0.3) is 0 Å². The van der Waals surface area contributed by atoms with Crippen LogP contribution in [0.1, 0.15) is 99.8 Å². The molecule has 1 aromatic heterocycles. The molecule has 1 aromatic carbocycles. The lowest BCUT2D eigenvalue weighted by Crippen LogP contribution is -2.28. The highest BCUT2D eigenvalue weighted by molar-refractivity contribution is 7.14. The van der Waals surface area contributed by atoms with Gasteiger partial charge in [0, 0.05) is 38.5 Å². The van der Waals surface area contributed by atoms with E-state index in [1.54, 1.807) is 42.5 Å². The highest BCUT2D eigenvalue weighted by atomic mass is 35.5. The molecule has 2 aliphatic rings. The SMILES string of the molecule is C=C(/C=C\C(Cl)=C=CC)N=NC(=C=C1C=C(C(C)(C)C)C(=O)C(C(C)(C)C)=C1)c1ccc(C(N=Nc2ccc(Cl)cc2)=C2C=C(C(C)(C)C)C(=O)C(C(C)(C)C)=C2)s1. The average Bonchev–Trinajstić information content (AvgIpc) is 3.59. The number of halogens is 2. The van der Waals surface area contributed by atoms with Crippen molar-refractivity contribution < 1.29 is 9.59 Å². The zero-order chi connectivity index (χ0) is 43.4. The van der Waals surface area contributed by atoms with Crippen molar-refractivity contribution in [2.24, 2.45) is 42.1 Å². The zero-order valence-electron chi connectivity index (χ0n) is 36.0. The van der Waals surface area contributed by atoms with E-state index in [0.29, 0.717) is 60.7 Å². The van der Waals surface area contributed by atoms with Crippen LogP contribution in [0.4, 0.5) is 5.69 Å². The second-order valence-electron chi connectivity index (χ2n) is 18.3. The molecule has 0 bridgehead atoms. The molecule has 302 valence electrons. The molecule has 0 saturated heterocycles. The number of hydrogen-bond donors (Lipinski definition) is 0. The fourth-order valence-corrected chi connectivity index (χ4v) is 7.18. The molecular weight excluding hydrogens is 780 g/mol. The van der Waals surface area contributed by atoms with Gasteiger partial charge in [-0.25, -0.2) is 0 Å². The molecule has 0 spiro atoms. The summed E-state index contributed by atoms with van der Waals surface area (Å²) in [5.74, 6) is 0.0466. The zero-order valence-corrected chi connectivity index (χ0v) is 38.3. The van der Waals surface area contributed by atoms with E-state index in [4.69, 9.17) is 28.3 Å². The summed E-state index contributed by atoms with van der Waals surface area (Å²) in [6.45, 7) is 30.3. The molecule has 1 heterocycles. The lowest BCUT2D eigenvalue weighted by Gasteiger charge is -2.31. The third kappa shape index (κ3) is 11.9. The number of nitrogens with zero attached hydrogens (tertiary/aromatic N) is 4. The van der Waals surface area contributed by atoms with Gasteiger partial charge in [-0.3, -0.25) is 9.59 Å². The Morgan fingerprint density at radius 1 is 0.672 bits per heavy atom.